The van der Waals surface area contributed by atoms with Gasteiger partial charge in [0, 0.05) is 0 Å². The second-order valence-electron chi connectivity index (χ2n) is 6.96. The Balaban J connectivity index is 1.94. The standard InChI is InChI=1S/C24H15F3/c1-14-4-2-5-16-15(14)8-9-20-18(16)10-11-19-17-6-3-7-23(24(25,26)27)22(17)13-12-21(19)20/h2-13H,1H3. The van der Waals surface area contributed by atoms with E-state index in [0.29, 0.717) is 5.39 Å². The topological polar surface area (TPSA) is 0 Å². The molecule has 5 aromatic rings. The molecule has 27 heavy (non-hydrogen) atoms. The number of hydrogen-bond donors (Lipinski definition) is 0. The summed E-state index contributed by atoms with van der Waals surface area (Å²) in [5.41, 5.74) is 0.624. The van der Waals surface area contributed by atoms with E-state index in [2.05, 4.69) is 31.2 Å². The Morgan fingerprint density at radius 1 is 0.481 bits per heavy atom. The first-order valence-electron chi connectivity index (χ1n) is 8.79. The molecule has 0 atom stereocenters. The van der Waals surface area contributed by atoms with Crippen LogP contribution in [-0.2, 0) is 6.18 Å². The van der Waals surface area contributed by atoms with Gasteiger partial charge < -0.3 is 0 Å². The van der Waals surface area contributed by atoms with Gasteiger partial charge in [-0.1, -0.05) is 66.7 Å². The first kappa shape index (κ1) is 16.1. The van der Waals surface area contributed by atoms with Gasteiger partial charge in [0.2, 0.25) is 0 Å². The van der Waals surface area contributed by atoms with Gasteiger partial charge in [0.05, 0.1) is 5.56 Å². The molecule has 0 spiro atoms. The van der Waals surface area contributed by atoms with Crippen molar-refractivity contribution in [3.8, 4) is 0 Å². The average molecular weight is 360 g/mol. The van der Waals surface area contributed by atoms with Crippen LogP contribution in [-0.4, -0.2) is 0 Å². The van der Waals surface area contributed by atoms with Crippen LogP contribution in [0.3, 0.4) is 0 Å². The zero-order chi connectivity index (χ0) is 18.8. The summed E-state index contributed by atoms with van der Waals surface area (Å²) in [6.07, 6.45) is -4.36. The fraction of sp³-hybridized carbons (Fsp3) is 0.0833. The Kier molecular flexibility index (Phi) is 3.26. The average Bonchev–Trinajstić information content (AvgIpc) is 2.66. The van der Waals surface area contributed by atoms with Gasteiger partial charge in [-0.2, -0.15) is 13.2 Å². The number of hydrogen-bond acceptors (Lipinski definition) is 0. The van der Waals surface area contributed by atoms with Gasteiger partial charge in [-0.25, -0.2) is 0 Å². The van der Waals surface area contributed by atoms with Crippen LogP contribution in [0.25, 0.3) is 43.1 Å². The van der Waals surface area contributed by atoms with Crippen LogP contribution in [0.5, 0.6) is 0 Å². The lowest BCUT2D eigenvalue weighted by atomic mass is 9.92. The molecule has 0 unspecified atom stereocenters. The first-order valence-corrected chi connectivity index (χ1v) is 8.79. The zero-order valence-corrected chi connectivity index (χ0v) is 14.6. The first-order chi connectivity index (χ1) is 12.9. The van der Waals surface area contributed by atoms with Crippen molar-refractivity contribution in [2.45, 2.75) is 13.1 Å². The molecule has 0 bridgehead atoms. The van der Waals surface area contributed by atoms with E-state index in [0.717, 1.165) is 27.6 Å². The maximum absolute atomic E-state index is 13.4. The smallest absolute Gasteiger partial charge is 0.166 e. The normalized spacial score (nSPS) is 12.4. The van der Waals surface area contributed by atoms with Crippen molar-refractivity contribution in [1.82, 2.24) is 0 Å². The Labute approximate surface area is 153 Å². The highest BCUT2D eigenvalue weighted by Gasteiger charge is 2.32. The number of halogens is 3. The minimum atomic E-state index is -4.36. The summed E-state index contributed by atoms with van der Waals surface area (Å²) in [5, 5.41) is 7.24. The Morgan fingerprint density at radius 3 is 1.44 bits per heavy atom. The lowest BCUT2D eigenvalue weighted by Gasteiger charge is -2.14. The molecule has 0 aliphatic carbocycles. The highest BCUT2D eigenvalue weighted by molar-refractivity contribution is 6.22. The van der Waals surface area contributed by atoms with Crippen molar-refractivity contribution in [2.24, 2.45) is 0 Å². The van der Waals surface area contributed by atoms with Crippen molar-refractivity contribution in [1.29, 1.82) is 0 Å². The van der Waals surface area contributed by atoms with Crippen LogP contribution in [0.15, 0.2) is 72.8 Å². The maximum atomic E-state index is 13.4. The fourth-order valence-electron chi connectivity index (χ4n) is 4.16. The molecule has 132 valence electrons. The van der Waals surface area contributed by atoms with Gasteiger partial charge in [-0.05, 0) is 61.6 Å². The number of alkyl halides is 3. The van der Waals surface area contributed by atoms with E-state index in [1.165, 1.54) is 22.4 Å². The zero-order valence-electron chi connectivity index (χ0n) is 14.6. The molecule has 0 amide bonds. The molecule has 0 aromatic heterocycles. The highest BCUT2D eigenvalue weighted by Crippen LogP contribution is 2.39. The molecule has 0 heterocycles. The fourth-order valence-corrected chi connectivity index (χ4v) is 4.16. The lowest BCUT2D eigenvalue weighted by molar-refractivity contribution is -0.136. The number of aryl methyl sites for hydroxylation is 1. The maximum Gasteiger partial charge on any atom is 0.417 e. The molecule has 5 aromatic carbocycles. The van der Waals surface area contributed by atoms with E-state index in [9.17, 15) is 13.2 Å². The van der Waals surface area contributed by atoms with E-state index in [-0.39, 0.29) is 5.39 Å². The minimum Gasteiger partial charge on any atom is -0.166 e. The number of fused-ring (bicyclic) bond motifs is 7. The van der Waals surface area contributed by atoms with Crippen molar-refractivity contribution in [3.05, 3.63) is 83.9 Å². The van der Waals surface area contributed by atoms with Crippen LogP contribution < -0.4 is 0 Å². The van der Waals surface area contributed by atoms with Crippen molar-refractivity contribution in [2.75, 3.05) is 0 Å². The van der Waals surface area contributed by atoms with E-state index in [4.69, 9.17) is 0 Å². The monoisotopic (exact) mass is 360 g/mol. The molecule has 3 heteroatoms. The second kappa shape index (κ2) is 5.46. The Morgan fingerprint density at radius 2 is 0.889 bits per heavy atom. The molecule has 0 aliphatic rings. The molecule has 0 N–H and O–H groups in total. The van der Waals surface area contributed by atoms with E-state index in [1.54, 1.807) is 12.1 Å². The van der Waals surface area contributed by atoms with Gasteiger partial charge in [-0.15, -0.1) is 0 Å². The Hall–Kier alpha value is -3.07. The van der Waals surface area contributed by atoms with E-state index < -0.39 is 11.7 Å². The van der Waals surface area contributed by atoms with Crippen molar-refractivity contribution >= 4 is 43.1 Å². The summed E-state index contributed by atoms with van der Waals surface area (Å²) in [7, 11) is 0. The van der Waals surface area contributed by atoms with Crippen LogP contribution in [0.1, 0.15) is 11.1 Å². The molecular formula is C24H15F3. The predicted molar refractivity (Wildman–Crippen MR) is 106 cm³/mol. The van der Waals surface area contributed by atoms with Crippen LogP contribution >= 0.6 is 0 Å². The van der Waals surface area contributed by atoms with Crippen LogP contribution in [0.4, 0.5) is 13.2 Å². The van der Waals surface area contributed by atoms with Gasteiger partial charge in [-0.3, -0.25) is 0 Å². The van der Waals surface area contributed by atoms with Gasteiger partial charge in [0.25, 0.3) is 0 Å². The molecule has 5 rings (SSSR count). The number of rotatable bonds is 0. The lowest BCUT2D eigenvalue weighted by Crippen LogP contribution is -2.05. The molecular weight excluding hydrogens is 345 g/mol. The minimum absolute atomic E-state index is 0.244. The van der Waals surface area contributed by atoms with Crippen LogP contribution in [0.2, 0.25) is 0 Å². The SMILES string of the molecule is Cc1cccc2c1ccc1c2ccc2c3cccc(C(F)(F)F)c3ccc21. The predicted octanol–water partition coefficient (Wildman–Crippen LogP) is 7.63. The molecule has 0 saturated heterocycles. The summed E-state index contributed by atoms with van der Waals surface area (Å²) in [6.45, 7) is 2.08. The molecule has 0 fully saturated rings. The summed E-state index contributed by atoms with van der Waals surface area (Å²) >= 11 is 0. The Bertz CT molecular complexity index is 1360. The van der Waals surface area contributed by atoms with E-state index in [1.807, 2.05) is 24.3 Å². The third-order valence-electron chi connectivity index (χ3n) is 5.44. The third-order valence-corrected chi connectivity index (χ3v) is 5.44. The summed E-state index contributed by atoms with van der Waals surface area (Å²) in [5.74, 6) is 0. The second-order valence-corrected chi connectivity index (χ2v) is 6.96. The summed E-state index contributed by atoms with van der Waals surface area (Å²) in [6, 6.07) is 22.2. The quantitative estimate of drug-likeness (QED) is 0.249. The summed E-state index contributed by atoms with van der Waals surface area (Å²) < 4.78 is 40.1. The van der Waals surface area contributed by atoms with Crippen molar-refractivity contribution < 1.29 is 13.2 Å². The van der Waals surface area contributed by atoms with E-state index >= 15 is 0 Å². The molecule has 0 radical (unpaired) electrons. The number of benzene rings is 5. The molecule has 0 aliphatic heterocycles. The van der Waals surface area contributed by atoms with Crippen LogP contribution in [0, 0.1) is 6.92 Å². The third kappa shape index (κ3) is 2.31. The molecule has 0 nitrogen and oxygen atoms in total. The van der Waals surface area contributed by atoms with Gasteiger partial charge in [0.1, 0.15) is 0 Å². The molecule has 0 saturated carbocycles. The highest BCUT2D eigenvalue weighted by atomic mass is 19.4. The summed E-state index contributed by atoms with van der Waals surface area (Å²) in [4.78, 5) is 0. The van der Waals surface area contributed by atoms with Crippen molar-refractivity contribution in [3.63, 3.8) is 0 Å². The van der Waals surface area contributed by atoms with Gasteiger partial charge in [0.15, 0.2) is 0 Å². The van der Waals surface area contributed by atoms with Gasteiger partial charge >= 0.3 is 6.18 Å². The largest absolute Gasteiger partial charge is 0.417 e.